The van der Waals surface area contributed by atoms with Gasteiger partial charge < -0.3 is 15.0 Å². The lowest BCUT2D eigenvalue weighted by Crippen LogP contribution is -2.41. The number of hydrogen-bond donors (Lipinski definition) is 1. The number of rotatable bonds is 4. The topological polar surface area (TPSA) is 84.4 Å². The fraction of sp³-hybridized carbons (Fsp3) is 0.273. The second-order valence-corrected chi connectivity index (χ2v) is 7.06. The Bertz CT molecular complexity index is 1030. The van der Waals surface area contributed by atoms with Crippen molar-refractivity contribution in [1.82, 2.24) is 14.9 Å². The van der Waals surface area contributed by atoms with Crippen LogP contribution in [0.25, 0.3) is 11.0 Å². The minimum atomic E-state index is -0.137. The predicted molar refractivity (Wildman–Crippen MR) is 110 cm³/mol. The monoisotopic (exact) mass is 390 g/mol. The summed E-state index contributed by atoms with van der Waals surface area (Å²) >= 11 is 0. The second-order valence-electron chi connectivity index (χ2n) is 7.06. The molecule has 1 fully saturated rings. The van der Waals surface area contributed by atoms with Gasteiger partial charge in [-0.1, -0.05) is 12.1 Å². The first kappa shape index (κ1) is 18.9. The van der Waals surface area contributed by atoms with Crippen LogP contribution in [0.5, 0.6) is 5.88 Å². The summed E-state index contributed by atoms with van der Waals surface area (Å²) < 4.78 is 6.00. The smallest absolute Gasteiger partial charge is 0.253 e. The number of likely N-dealkylation sites (tertiary alicyclic amines) is 1. The van der Waals surface area contributed by atoms with E-state index in [1.807, 2.05) is 29.2 Å². The van der Waals surface area contributed by atoms with Gasteiger partial charge in [0.05, 0.1) is 17.2 Å². The molecule has 7 heteroatoms. The van der Waals surface area contributed by atoms with Crippen molar-refractivity contribution in [3.05, 3.63) is 60.3 Å². The van der Waals surface area contributed by atoms with Crippen LogP contribution in [0.4, 0.5) is 5.69 Å². The van der Waals surface area contributed by atoms with E-state index in [1.54, 1.807) is 30.5 Å². The van der Waals surface area contributed by atoms with Crippen LogP contribution in [0.15, 0.2) is 54.7 Å². The van der Waals surface area contributed by atoms with E-state index in [0.29, 0.717) is 30.2 Å². The van der Waals surface area contributed by atoms with E-state index in [1.165, 1.54) is 6.92 Å². The molecule has 0 unspecified atom stereocenters. The molecule has 1 aliphatic heterocycles. The minimum Gasteiger partial charge on any atom is -0.473 e. The number of nitrogens with zero attached hydrogens (tertiary/aromatic N) is 3. The minimum absolute atomic E-state index is 0.0108. The van der Waals surface area contributed by atoms with E-state index < -0.39 is 0 Å². The Morgan fingerprint density at radius 2 is 1.72 bits per heavy atom. The molecule has 4 rings (SSSR count). The average Bonchev–Trinajstić information content (AvgIpc) is 2.74. The molecular weight excluding hydrogens is 368 g/mol. The summed E-state index contributed by atoms with van der Waals surface area (Å²) in [5.41, 5.74) is 2.93. The Morgan fingerprint density at radius 1 is 1.03 bits per heavy atom. The van der Waals surface area contributed by atoms with Gasteiger partial charge in [0.2, 0.25) is 11.8 Å². The third-order valence-electron chi connectivity index (χ3n) is 4.90. The first-order valence-electron chi connectivity index (χ1n) is 9.64. The van der Waals surface area contributed by atoms with Crippen LogP contribution in [0, 0.1) is 0 Å². The summed E-state index contributed by atoms with van der Waals surface area (Å²) in [5.74, 6) is 0.368. The molecule has 0 spiro atoms. The van der Waals surface area contributed by atoms with Crippen molar-refractivity contribution in [2.75, 3.05) is 18.4 Å². The van der Waals surface area contributed by atoms with E-state index in [-0.39, 0.29) is 17.9 Å². The van der Waals surface area contributed by atoms with Gasteiger partial charge in [-0.15, -0.1) is 0 Å². The quantitative estimate of drug-likeness (QED) is 0.739. The second kappa shape index (κ2) is 8.26. The Hall–Kier alpha value is -3.48. The molecule has 0 atom stereocenters. The zero-order chi connectivity index (χ0) is 20.2. The van der Waals surface area contributed by atoms with E-state index in [9.17, 15) is 9.59 Å². The molecule has 0 saturated carbocycles. The molecule has 2 aromatic carbocycles. The van der Waals surface area contributed by atoms with Crippen LogP contribution in [-0.2, 0) is 4.79 Å². The third-order valence-corrected chi connectivity index (χ3v) is 4.90. The highest BCUT2D eigenvalue weighted by molar-refractivity contribution is 5.95. The normalized spacial score (nSPS) is 14.6. The molecule has 2 amide bonds. The molecule has 3 aromatic rings. The van der Waals surface area contributed by atoms with Gasteiger partial charge in [0.1, 0.15) is 6.10 Å². The molecule has 2 heterocycles. The number of anilines is 1. The van der Waals surface area contributed by atoms with Crippen molar-refractivity contribution in [3.8, 4) is 5.88 Å². The van der Waals surface area contributed by atoms with E-state index in [4.69, 9.17) is 4.74 Å². The standard InChI is InChI=1S/C22H22N4O3/c1-15(27)24-17-8-6-16(7-9-17)22(28)26-12-10-18(11-13-26)29-21-14-23-19-4-2-3-5-20(19)25-21/h2-9,14,18H,10-13H2,1H3,(H,24,27). The number of nitrogens with one attached hydrogen (secondary N) is 1. The van der Waals surface area contributed by atoms with Crippen molar-refractivity contribution in [1.29, 1.82) is 0 Å². The van der Waals surface area contributed by atoms with Gasteiger partial charge in [0.15, 0.2) is 0 Å². The molecule has 0 aliphatic carbocycles. The highest BCUT2D eigenvalue weighted by Gasteiger charge is 2.25. The van der Waals surface area contributed by atoms with Crippen LogP contribution < -0.4 is 10.1 Å². The summed E-state index contributed by atoms with van der Waals surface area (Å²) in [6.07, 6.45) is 3.14. The Morgan fingerprint density at radius 3 is 2.41 bits per heavy atom. The molecule has 1 aliphatic rings. The molecular formula is C22H22N4O3. The number of amides is 2. The van der Waals surface area contributed by atoms with Gasteiger partial charge in [-0.25, -0.2) is 9.97 Å². The van der Waals surface area contributed by atoms with Crippen LogP contribution in [0.3, 0.4) is 0 Å². The summed E-state index contributed by atoms with van der Waals surface area (Å²) in [7, 11) is 0. The lowest BCUT2D eigenvalue weighted by molar-refractivity contribution is -0.114. The summed E-state index contributed by atoms with van der Waals surface area (Å²) in [6.45, 7) is 2.70. The average molecular weight is 390 g/mol. The van der Waals surface area contributed by atoms with E-state index in [0.717, 1.165) is 23.9 Å². The number of fused-ring (bicyclic) bond motifs is 1. The number of para-hydroxylation sites is 2. The maximum atomic E-state index is 12.7. The van der Waals surface area contributed by atoms with Gasteiger partial charge in [-0.2, -0.15) is 0 Å². The van der Waals surface area contributed by atoms with Crippen LogP contribution >= 0.6 is 0 Å². The first-order valence-corrected chi connectivity index (χ1v) is 9.64. The Labute approximate surface area is 168 Å². The number of benzene rings is 2. The SMILES string of the molecule is CC(=O)Nc1ccc(C(=O)N2CCC(Oc3cnc4ccccc4n3)CC2)cc1. The fourth-order valence-corrected chi connectivity index (χ4v) is 3.43. The maximum absolute atomic E-state index is 12.7. The third kappa shape index (κ3) is 4.51. The molecule has 1 N–H and O–H groups in total. The number of ether oxygens (including phenoxy) is 1. The van der Waals surface area contributed by atoms with Crippen molar-refractivity contribution < 1.29 is 14.3 Å². The molecule has 29 heavy (non-hydrogen) atoms. The van der Waals surface area contributed by atoms with Crippen molar-refractivity contribution in [2.24, 2.45) is 0 Å². The van der Waals surface area contributed by atoms with Gasteiger partial charge in [0.25, 0.3) is 5.91 Å². The maximum Gasteiger partial charge on any atom is 0.253 e. The lowest BCUT2D eigenvalue weighted by Gasteiger charge is -2.32. The molecule has 148 valence electrons. The Balaban J connectivity index is 1.33. The van der Waals surface area contributed by atoms with E-state index in [2.05, 4.69) is 15.3 Å². The first-order chi connectivity index (χ1) is 14.1. The van der Waals surface area contributed by atoms with Crippen molar-refractivity contribution >= 4 is 28.5 Å². The van der Waals surface area contributed by atoms with Crippen LogP contribution in [0.2, 0.25) is 0 Å². The largest absolute Gasteiger partial charge is 0.473 e. The number of carbonyl (C=O) groups excluding carboxylic acids is 2. The van der Waals surface area contributed by atoms with Gasteiger partial charge >= 0.3 is 0 Å². The van der Waals surface area contributed by atoms with Gasteiger partial charge in [-0.05, 0) is 36.4 Å². The van der Waals surface area contributed by atoms with E-state index >= 15 is 0 Å². The summed E-state index contributed by atoms with van der Waals surface area (Å²) in [4.78, 5) is 34.5. The fourth-order valence-electron chi connectivity index (χ4n) is 3.43. The van der Waals surface area contributed by atoms with Gasteiger partial charge in [0, 0.05) is 44.1 Å². The molecule has 0 bridgehead atoms. The molecule has 7 nitrogen and oxygen atoms in total. The van der Waals surface area contributed by atoms with Crippen molar-refractivity contribution in [2.45, 2.75) is 25.9 Å². The summed E-state index contributed by atoms with van der Waals surface area (Å²) in [6, 6.07) is 14.6. The highest BCUT2D eigenvalue weighted by atomic mass is 16.5. The number of carbonyl (C=O) groups is 2. The zero-order valence-corrected chi connectivity index (χ0v) is 16.2. The zero-order valence-electron chi connectivity index (χ0n) is 16.2. The van der Waals surface area contributed by atoms with Crippen LogP contribution in [-0.4, -0.2) is 45.9 Å². The lowest BCUT2D eigenvalue weighted by atomic mass is 10.1. The molecule has 0 radical (unpaired) electrons. The van der Waals surface area contributed by atoms with Crippen molar-refractivity contribution in [3.63, 3.8) is 0 Å². The summed E-state index contributed by atoms with van der Waals surface area (Å²) in [5, 5.41) is 2.70. The molecule has 1 saturated heterocycles. The molecule has 1 aromatic heterocycles. The highest BCUT2D eigenvalue weighted by Crippen LogP contribution is 2.21. The number of piperidine rings is 1. The number of aromatic nitrogens is 2. The number of hydrogen-bond acceptors (Lipinski definition) is 5. The van der Waals surface area contributed by atoms with Crippen LogP contribution in [0.1, 0.15) is 30.1 Å². The predicted octanol–water partition coefficient (Wildman–Crippen LogP) is 3.27. The Kier molecular flexibility index (Phi) is 5.37. The van der Waals surface area contributed by atoms with Gasteiger partial charge in [-0.3, -0.25) is 9.59 Å².